The molecule has 24 heavy (non-hydrogen) atoms. The first-order chi connectivity index (χ1) is 11.5. The largest absolute Gasteiger partial charge is 0.325 e. The first-order valence-corrected chi connectivity index (χ1v) is 9.34. The second kappa shape index (κ2) is 6.84. The van der Waals surface area contributed by atoms with Crippen LogP contribution in [0, 0.1) is 0 Å². The Morgan fingerprint density at radius 3 is 2.75 bits per heavy atom. The summed E-state index contributed by atoms with van der Waals surface area (Å²) in [6.45, 7) is -0.254. The number of imide groups is 1. The standard InChI is InChI=1S/C17H21N3O3S/c1-24-13-7-5-6-12(10-13)18-14(21)11-20-15(22)17(19-16(20)23)8-3-2-4-9-17/h5-7,10H,2-4,8-9,11H2,1H3,(H,18,21)(H,19,23). The van der Waals surface area contributed by atoms with Gasteiger partial charge in [-0.05, 0) is 37.3 Å². The maximum Gasteiger partial charge on any atom is 0.325 e. The number of benzene rings is 1. The van der Waals surface area contributed by atoms with Crippen LogP contribution in [0.3, 0.4) is 0 Å². The molecule has 1 spiro atoms. The number of nitrogens with zero attached hydrogens (tertiary/aromatic N) is 1. The monoisotopic (exact) mass is 347 g/mol. The van der Waals surface area contributed by atoms with Crippen molar-refractivity contribution in [3.8, 4) is 0 Å². The maximum atomic E-state index is 12.6. The summed E-state index contributed by atoms with van der Waals surface area (Å²) < 4.78 is 0. The van der Waals surface area contributed by atoms with Gasteiger partial charge in [0.25, 0.3) is 5.91 Å². The predicted molar refractivity (Wildman–Crippen MR) is 92.9 cm³/mol. The van der Waals surface area contributed by atoms with Crippen LogP contribution in [0.2, 0.25) is 0 Å². The van der Waals surface area contributed by atoms with Gasteiger partial charge in [0.1, 0.15) is 12.1 Å². The van der Waals surface area contributed by atoms with Crippen molar-refractivity contribution in [2.75, 3.05) is 18.1 Å². The predicted octanol–water partition coefficient (Wildman–Crippen LogP) is 2.60. The molecule has 0 aromatic heterocycles. The van der Waals surface area contributed by atoms with Gasteiger partial charge >= 0.3 is 6.03 Å². The average Bonchev–Trinajstić information content (AvgIpc) is 2.80. The molecule has 0 bridgehead atoms. The highest BCUT2D eigenvalue weighted by atomic mass is 32.2. The minimum Gasteiger partial charge on any atom is -0.324 e. The summed E-state index contributed by atoms with van der Waals surface area (Å²) in [4.78, 5) is 39.1. The van der Waals surface area contributed by atoms with E-state index in [0.29, 0.717) is 18.5 Å². The average molecular weight is 347 g/mol. The van der Waals surface area contributed by atoms with Crippen molar-refractivity contribution in [1.29, 1.82) is 0 Å². The van der Waals surface area contributed by atoms with E-state index in [1.165, 1.54) is 0 Å². The molecule has 0 atom stereocenters. The van der Waals surface area contributed by atoms with Crippen LogP contribution < -0.4 is 10.6 Å². The van der Waals surface area contributed by atoms with Gasteiger partial charge in [-0.25, -0.2) is 4.79 Å². The molecular formula is C17H21N3O3S. The highest BCUT2D eigenvalue weighted by Gasteiger charge is 2.51. The van der Waals surface area contributed by atoms with Crippen molar-refractivity contribution < 1.29 is 14.4 Å². The summed E-state index contributed by atoms with van der Waals surface area (Å²) >= 11 is 1.58. The fourth-order valence-corrected chi connectivity index (χ4v) is 3.82. The minimum atomic E-state index is -0.783. The SMILES string of the molecule is CSc1cccc(NC(=O)CN2C(=O)NC3(CCCCC3)C2=O)c1. The third kappa shape index (κ3) is 3.26. The smallest absolute Gasteiger partial charge is 0.324 e. The van der Waals surface area contributed by atoms with E-state index in [0.717, 1.165) is 29.1 Å². The van der Waals surface area contributed by atoms with Gasteiger partial charge in [-0.3, -0.25) is 14.5 Å². The molecule has 0 radical (unpaired) electrons. The molecule has 7 heteroatoms. The minimum absolute atomic E-state index is 0.254. The number of amides is 4. The molecule has 1 aromatic rings. The zero-order valence-corrected chi connectivity index (χ0v) is 14.4. The highest BCUT2D eigenvalue weighted by Crippen LogP contribution is 2.33. The van der Waals surface area contributed by atoms with Crippen LogP contribution in [0.5, 0.6) is 0 Å². The molecule has 1 saturated heterocycles. The third-order valence-electron chi connectivity index (χ3n) is 4.61. The Kier molecular flexibility index (Phi) is 4.80. The number of hydrogen-bond acceptors (Lipinski definition) is 4. The number of nitrogens with one attached hydrogen (secondary N) is 2. The number of hydrogen-bond donors (Lipinski definition) is 2. The summed E-state index contributed by atoms with van der Waals surface area (Å²) in [6.07, 6.45) is 6.20. The normalized spacial score (nSPS) is 19.5. The van der Waals surface area contributed by atoms with E-state index < -0.39 is 11.6 Å². The summed E-state index contributed by atoms with van der Waals surface area (Å²) in [5.41, 5.74) is -0.125. The zero-order valence-electron chi connectivity index (χ0n) is 13.6. The Morgan fingerprint density at radius 2 is 2.04 bits per heavy atom. The van der Waals surface area contributed by atoms with E-state index in [1.54, 1.807) is 17.8 Å². The number of carbonyl (C=O) groups is 3. The summed E-state index contributed by atoms with van der Waals surface area (Å²) in [5.74, 6) is -0.634. The van der Waals surface area contributed by atoms with Crippen LogP contribution >= 0.6 is 11.8 Å². The summed E-state index contributed by atoms with van der Waals surface area (Å²) in [7, 11) is 0. The molecule has 1 aliphatic carbocycles. The fourth-order valence-electron chi connectivity index (χ4n) is 3.36. The molecule has 6 nitrogen and oxygen atoms in total. The van der Waals surface area contributed by atoms with E-state index in [9.17, 15) is 14.4 Å². The van der Waals surface area contributed by atoms with Gasteiger partial charge in [0.2, 0.25) is 5.91 Å². The molecule has 2 N–H and O–H groups in total. The van der Waals surface area contributed by atoms with Crippen molar-refractivity contribution in [1.82, 2.24) is 10.2 Å². The second-order valence-corrected chi connectivity index (χ2v) is 7.12. The van der Waals surface area contributed by atoms with Gasteiger partial charge in [0.15, 0.2) is 0 Å². The van der Waals surface area contributed by atoms with Crippen molar-refractivity contribution in [3.05, 3.63) is 24.3 Å². The first kappa shape index (κ1) is 16.8. The van der Waals surface area contributed by atoms with Crippen molar-refractivity contribution in [2.45, 2.75) is 42.5 Å². The maximum absolute atomic E-state index is 12.6. The number of carbonyl (C=O) groups excluding carboxylic acids is 3. The van der Waals surface area contributed by atoms with Gasteiger partial charge in [-0.1, -0.05) is 25.3 Å². The van der Waals surface area contributed by atoms with E-state index in [4.69, 9.17) is 0 Å². The molecule has 0 unspecified atom stereocenters. The van der Waals surface area contributed by atoms with Crippen LogP contribution in [-0.4, -0.2) is 41.1 Å². The van der Waals surface area contributed by atoms with Crippen molar-refractivity contribution >= 4 is 35.3 Å². The fraction of sp³-hybridized carbons (Fsp3) is 0.471. The third-order valence-corrected chi connectivity index (χ3v) is 5.33. The molecule has 1 aliphatic heterocycles. The highest BCUT2D eigenvalue weighted by molar-refractivity contribution is 7.98. The van der Waals surface area contributed by atoms with Crippen LogP contribution in [0.4, 0.5) is 10.5 Å². The van der Waals surface area contributed by atoms with Crippen LogP contribution in [0.1, 0.15) is 32.1 Å². The molecule has 2 aliphatic rings. The summed E-state index contributed by atoms with van der Waals surface area (Å²) in [5, 5.41) is 5.56. The van der Waals surface area contributed by atoms with E-state index in [2.05, 4.69) is 10.6 Å². The van der Waals surface area contributed by atoms with Gasteiger partial charge < -0.3 is 10.6 Å². The Labute approximate surface area is 145 Å². The molecule has 128 valence electrons. The zero-order chi connectivity index (χ0) is 17.2. The lowest BCUT2D eigenvalue weighted by Gasteiger charge is -2.30. The van der Waals surface area contributed by atoms with Crippen LogP contribution in [-0.2, 0) is 9.59 Å². The van der Waals surface area contributed by atoms with Gasteiger partial charge in [0, 0.05) is 10.6 Å². The van der Waals surface area contributed by atoms with E-state index >= 15 is 0 Å². The van der Waals surface area contributed by atoms with Crippen molar-refractivity contribution in [2.24, 2.45) is 0 Å². The van der Waals surface area contributed by atoms with Crippen LogP contribution in [0.15, 0.2) is 29.2 Å². The molecular weight excluding hydrogens is 326 g/mol. The Balaban J connectivity index is 1.65. The number of rotatable bonds is 4. The van der Waals surface area contributed by atoms with E-state index in [-0.39, 0.29) is 18.4 Å². The second-order valence-electron chi connectivity index (χ2n) is 6.24. The number of anilines is 1. The van der Waals surface area contributed by atoms with E-state index in [1.807, 2.05) is 24.5 Å². The van der Waals surface area contributed by atoms with Gasteiger partial charge in [-0.2, -0.15) is 0 Å². The molecule has 1 saturated carbocycles. The molecule has 2 fully saturated rings. The lowest BCUT2D eigenvalue weighted by Crippen LogP contribution is -2.48. The van der Waals surface area contributed by atoms with Crippen LogP contribution in [0.25, 0.3) is 0 Å². The topological polar surface area (TPSA) is 78.5 Å². The van der Waals surface area contributed by atoms with Gasteiger partial charge in [-0.15, -0.1) is 11.8 Å². The molecule has 4 amide bonds. The lowest BCUT2D eigenvalue weighted by atomic mass is 9.82. The molecule has 1 heterocycles. The number of urea groups is 1. The Hall–Kier alpha value is -2.02. The molecule has 1 aromatic carbocycles. The first-order valence-electron chi connectivity index (χ1n) is 8.12. The molecule has 3 rings (SSSR count). The summed E-state index contributed by atoms with van der Waals surface area (Å²) in [6, 6.07) is 6.98. The van der Waals surface area contributed by atoms with Gasteiger partial charge in [0.05, 0.1) is 0 Å². The lowest BCUT2D eigenvalue weighted by molar-refractivity contribution is -0.134. The quantitative estimate of drug-likeness (QED) is 0.648. The number of thioether (sulfide) groups is 1. The van der Waals surface area contributed by atoms with Crippen molar-refractivity contribution in [3.63, 3.8) is 0 Å². The Bertz CT molecular complexity index is 671. The Morgan fingerprint density at radius 1 is 1.29 bits per heavy atom.